The van der Waals surface area contributed by atoms with Crippen LogP contribution in [0.15, 0.2) is 75.0 Å². The van der Waals surface area contributed by atoms with Crippen molar-refractivity contribution in [3.05, 3.63) is 66.2 Å². The Labute approximate surface area is 208 Å². The van der Waals surface area contributed by atoms with E-state index in [1.165, 1.54) is 0 Å². The number of carbonyl (C=O) groups excluding carboxylic acids is 1. The maximum atomic E-state index is 13.1. The molecule has 0 bridgehead atoms. The summed E-state index contributed by atoms with van der Waals surface area (Å²) >= 11 is 1.57. The van der Waals surface area contributed by atoms with E-state index < -0.39 is 0 Å². The fourth-order valence-corrected chi connectivity index (χ4v) is 5.14. The van der Waals surface area contributed by atoms with Crippen LogP contribution in [-0.2, 0) is 0 Å². The first-order valence-corrected chi connectivity index (χ1v) is 12.4. The largest absolute Gasteiger partial charge is 0.490 e. The fourth-order valence-electron chi connectivity index (χ4n) is 4.02. The molecule has 5 rings (SSSR count). The quantitative estimate of drug-likeness (QED) is 0.301. The highest BCUT2D eigenvalue weighted by Gasteiger charge is 2.27. The van der Waals surface area contributed by atoms with Gasteiger partial charge in [0.25, 0.3) is 11.8 Å². The van der Waals surface area contributed by atoms with Gasteiger partial charge in [-0.2, -0.15) is 4.98 Å². The van der Waals surface area contributed by atoms with Crippen molar-refractivity contribution in [2.75, 3.05) is 24.7 Å². The minimum Gasteiger partial charge on any atom is -0.490 e. The molecule has 2 heterocycles. The molecule has 0 saturated heterocycles. The number of ether oxygens (including phenoxy) is 2. The summed E-state index contributed by atoms with van der Waals surface area (Å²) in [6.07, 6.45) is 0. The van der Waals surface area contributed by atoms with Crippen molar-refractivity contribution < 1.29 is 18.8 Å². The number of fused-ring (bicyclic) bond motifs is 2. The van der Waals surface area contributed by atoms with Crippen molar-refractivity contribution in [2.45, 2.75) is 30.6 Å². The number of anilines is 1. The molecule has 0 spiro atoms. The molecule has 1 aliphatic heterocycles. The van der Waals surface area contributed by atoms with E-state index in [1.54, 1.807) is 16.7 Å². The fraction of sp³-hybridized carbons (Fsp3) is 0.222. The molecule has 0 saturated carbocycles. The lowest BCUT2D eigenvalue weighted by molar-refractivity contribution is 0.0985. The monoisotopic (exact) mass is 487 g/mol. The first-order valence-electron chi connectivity index (χ1n) is 11.6. The Balaban J connectivity index is 1.50. The molecule has 4 aromatic rings. The van der Waals surface area contributed by atoms with Gasteiger partial charge in [-0.15, -0.1) is 0 Å². The van der Waals surface area contributed by atoms with Gasteiger partial charge < -0.3 is 18.9 Å². The van der Waals surface area contributed by atoms with Crippen LogP contribution < -0.4 is 14.4 Å². The van der Waals surface area contributed by atoms with Crippen LogP contribution in [0, 0.1) is 0 Å². The number of amides is 1. The number of nitrogens with zero attached hydrogens (tertiary/aromatic N) is 3. The van der Waals surface area contributed by atoms with Crippen LogP contribution in [0.25, 0.3) is 22.8 Å². The molecule has 0 N–H and O–H groups in total. The first kappa shape index (κ1) is 23.0. The lowest BCUT2D eigenvalue weighted by atomic mass is 10.1. The van der Waals surface area contributed by atoms with Gasteiger partial charge in [-0.25, -0.2) is 0 Å². The molecule has 7 nitrogen and oxygen atoms in total. The number of hydrogen-bond donors (Lipinski definition) is 0. The summed E-state index contributed by atoms with van der Waals surface area (Å²) in [4.78, 5) is 21.5. The molecule has 178 valence electrons. The molecule has 1 amide bonds. The maximum absolute atomic E-state index is 13.1. The lowest BCUT2D eigenvalue weighted by Crippen LogP contribution is -2.30. The Hall–Kier alpha value is -3.78. The second-order valence-corrected chi connectivity index (χ2v) is 8.86. The maximum Gasteiger partial charge on any atom is 0.259 e. The Morgan fingerprint density at radius 3 is 2.46 bits per heavy atom. The molecule has 0 radical (unpaired) electrons. The first-order chi connectivity index (χ1) is 17.1. The zero-order chi connectivity index (χ0) is 24.4. The molecule has 1 aliphatic rings. The zero-order valence-corrected chi connectivity index (χ0v) is 20.6. The van der Waals surface area contributed by atoms with E-state index in [4.69, 9.17) is 14.0 Å². The summed E-state index contributed by atoms with van der Waals surface area (Å²) in [7, 11) is 0. The molecule has 0 aliphatic carbocycles. The minimum atomic E-state index is 0.00421. The summed E-state index contributed by atoms with van der Waals surface area (Å²) in [6, 6.07) is 19.1. The van der Waals surface area contributed by atoms with Gasteiger partial charge in [0.2, 0.25) is 5.82 Å². The molecular formula is C27H25N3O4S. The number of carbonyl (C=O) groups is 1. The summed E-state index contributed by atoms with van der Waals surface area (Å²) in [5, 5.41) is 4.22. The molecular weight excluding hydrogens is 462 g/mol. The third-order valence-electron chi connectivity index (χ3n) is 5.62. The minimum absolute atomic E-state index is 0.00421. The van der Waals surface area contributed by atoms with Crippen molar-refractivity contribution >= 4 is 23.4 Å². The van der Waals surface area contributed by atoms with Gasteiger partial charge in [0.15, 0.2) is 11.5 Å². The van der Waals surface area contributed by atoms with E-state index in [1.807, 2.05) is 81.4 Å². The van der Waals surface area contributed by atoms with Gasteiger partial charge in [0, 0.05) is 27.5 Å². The van der Waals surface area contributed by atoms with E-state index in [0.717, 1.165) is 26.6 Å². The average molecular weight is 488 g/mol. The average Bonchev–Trinajstić information content (AvgIpc) is 3.33. The second kappa shape index (κ2) is 9.84. The van der Waals surface area contributed by atoms with Crippen LogP contribution in [0.2, 0.25) is 0 Å². The van der Waals surface area contributed by atoms with Crippen molar-refractivity contribution in [3.63, 3.8) is 0 Å². The third kappa shape index (κ3) is 4.37. The summed E-state index contributed by atoms with van der Waals surface area (Å²) in [5.74, 6) is 2.18. The predicted octanol–water partition coefficient (Wildman–Crippen LogP) is 6.33. The smallest absolute Gasteiger partial charge is 0.259 e. The lowest BCUT2D eigenvalue weighted by Gasteiger charge is -2.21. The van der Waals surface area contributed by atoms with E-state index in [9.17, 15) is 4.79 Å². The van der Waals surface area contributed by atoms with Crippen molar-refractivity contribution in [1.29, 1.82) is 0 Å². The topological polar surface area (TPSA) is 77.7 Å². The van der Waals surface area contributed by atoms with Crippen molar-refractivity contribution in [3.8, 4) is 34.3 Å². The third-order valence-corrected chi connectivity index (χ3v) is 6.75. The summed E-state index contributed by atoms with van der Waals surface area (Å²) < 4.78 is 17.0. The van der Waals surface area contributed by atoms with E-state index in [-0.39, 0.29) is 5.91 Å². The number of benzene rings is 3. The van der Waals surface area contributed by atoms with E-state index >= 15 is 0 Å². The number of aromatic nitrogens is 2. The van der Waals surface area contributed by atoms with Crippen LogP contribution in [0.5, 0.6) is 11.5 Å². The molecule has 3 aromatic carbocycles. The predicted molar refractivity (Wildman–Crippen MR) is 135 cm³/mol. The molecule has 1 aromatic heterocycles. The van der Waals surface area contributed by atoms with E-state index in [2.05, 4.69) is 10.1 Å². The highest BCUT2D eigenvalue weighted by Crippen LogP contribution is 2.43. The van der Waals surface area contributed by atoms with Gasteiger partial charge >= 0.3 is 0 Å². The molecule has 8 heteroatoms. The van der Waals surface area contributed by atoms with Gasteiger partial charge in [-0.1, -0.05) is 29.1 Å². The number of hydrogen-bond acceptors (Lipinski definition) is 7. The molecule has 0 atom stereocenters. The van der Waals surface area contributed by atoms with Crippen LogP contribution in [-0.4, -0.2) is 35.8 Å². The van der Waals surface area contributed by atoms with Gasteiger partial charge in [0.05, 0.1) is 24.5 Å². The van der Waals surface area contributed by atoms with Crippen LogP contribution >= 0.6 is 11.8 Å². The van der Waals surface area contributed by atoms with Crippen LogP contribution in [0.1, 0.15) is 31.1 Å². The van der Waals surface area contributed by atoms with E-state index in [0.29, 0.717) is 48.5 Å². The zero-order valence-electron chi connectivity index (χ0n) is 19.8. The Bertz CT molecular complexity index is 1380. The van der Waals surface area contributed by atoms with Gasteiger partial charge in [0.1, 0.15) is 0 Å². The highest BCUT2D eigenvalue weighted by molar-refractivity contribution is 7.99. The molecule has 35 heavy (non-hydrogen) atoms. The van der Waals surface area contributed by atoms with Crippen molar-refractivity contribution in [2.24, 2.45) is 0 Å². The Morgan fingerprint density at radius 1 is 0.886 bits per heavy atom. The number of rotatable bonds is 7. The normalized spacial score (nSPS) is 12.7. The standard InChI is InChI=1S/C27H25N3O4S/c1-4-30-20-13-11-17(16-24(20)35-23-10-8-7-9-19(23)27(30)31)25-28-26(34-29-25)18-12-14-21(32-5-2)22(15-18)33-6-3/h7-16H,4-6H2,1-3H3. The Kier molecular flexibility index (Phi) is 6.46. The van der Waals surface area contributed by atoms with Crippen molar-refractivity contribution in [1.82, 2.24) is 10.1 Å². The van der Waals surface area contributed by atoms with Gasteiger partial charge in [-0.05, 0) is 69.3 Å². The van der Waals surface area contributed by atoms with Crippen LogP contribution in [0.4, 0.5) is 5.69 Å². The molecule has 0 unspecified atom stereocenters. The summed E-state index contributed by atoms with van der Waals surface area (Å²) in [5.41, 5.74) is 3.14. The Morgan fingerprint density at radius 2 is 1.66 bits per heavy atom. The SMILES string of the molecule is CCOc1ccc(-c2nc(-c3ccc4c(c3)Sc3ccccc3C(=O)N4CC)no2)cc1OCC. The molecule has 0 fully saturated rings. The van der Waals surface area contributed by atoms with Crippen LogP contribution in [0.3, 0.4) is 0 Å². The summed E-state index contributed by atoms with van der Waals surface area (Å²) in [6.45, 7) is 7.48. The highest BCUT2D eigenvalue weighted by atomic mass is 32.2. The van der Waals surface area contributed by atoms with Gasteiger partial charge in [-0.3, -0.25) is 4.79 Å². The second-order valence-electron chi connectivity index (χ2n) is 7.78.